The number of benzene rings is 1. The van der Waals surface area contributed by atoms with Crippen molar-refractivity contribution in [1.29, 1.82) is 0 Å². The van der Waals surface area contributed by atoms with E-state index in [4.69, 9.17) is 10.5 Å². The van der Waals surface area contributed by atoms with Gasteiger partial charge in [-0.05, 0) is 31.0 Å². The Balaban J connectivity index is 2.00. The molecule has 0 bridgehead atoms. The van der Waals surface area contributed by atoms with Gasteiger partial charge in [0.05, 0.1) is 18.0 Å². The number of nitrogens with zero attached hydrogens (tertiary/aromatic N) is 1. The van der Waals surface area contributed by atoms with E-state index in [1.165, 1.54) is 11.6 Å². The first kappa shape index (κ1) is 14.1. The van der Waals surface area contributed by atoms with Crippen molar-refractivity contribution >= 4 is 11.4 Å². The predicted molar refractivity (Wildman–Crippen MR) is 78.4 cm³/mol. The SMILES string of the molecule is CCOc1cc(NCCc2ccncc2)c(N)cc1F. The maximum absolute atomic E-state index is 13.6. The number of rotatable bonds is 6. The highest BCUT2D eigenvalue weighted by Crippen LogP contribution is 2.28. The lowest BCUT2D eigenvalue weighted by Gasteiger charge is -2.12. The zero-order valence-corrected chi connectivity index (χ0v) is 11.4. The van der Waals surface area contributed by atoms with Crippen LogP contribution < -0.4 is 15.8 Å². The van der Waals surface area contributed by atoms with Crippen LogP contribution in [0, 0.1) is 5.82 Å². The van der Waals surface area contributed by atoms with Gasteiger partial charge >= 0.3 is 0 Å². The molecule has 1 aromatic carbocycles. The summed E-state index contributed by atoms with van der Waals surface area (Å²) in [5.74, 6) is -0.225. The smallest absolute Gasteiger partial charge is 0.167 e. The van der Waals surface area contributed by atoms with Crippen molar-refractivity contribution in [3.05, 3.63) is 48.0 Å². The second-order valence-electron chi connectivity index (χ2n) is 4.34. The first-order chi connectivity index (χ1) is 9.70. The van der Waals surface area contributed by atoms with E-state index >= 15 is 0 Å². The summed E-state index contributed by atoms with van der Waals surface area (Å²) < 4.78 is 18.8. The number of hydrogen-bond donors (Lipinski definition) is 2. The molecule has 2 rings (SSSR count). The van der Waals surface area contributed by atoms with Gasteiger partial charge in [-0.25, -0.2) is 4.39 Å². The molecule has 0 amide bonds. The molecule has 0 fully saturated rings. The Labute approximate surface area is 117 Å². The second-order valence-corrected chi connectivity index (χ2v) is 4.34. The van der Waals surface area contributed by atoms with E-state index in [2.05, 4.69) is 10.3 Å². The highest BCUT2D eigenvalue weighted by atomic mass is 19.1. The molecule has 2 aromatic rings. The van der Waals surface area contributed by atoms with Crippen LogP contribution in [-0.4, -0.2) is 18.1 Å². The lowest BCUT2D eigenvalue weighted by atomic mass is 10.2. The molecule has 0 saturated heterocycles. The first-order valence-electron chi connectivity index (χ1n) is 6.55. The van der Waals surface area contributed by atoms with Gasteiger partial charge in [0, 0.05) is 31.1 Å². The Bertz CT molecular complexity index is 561. The molecule has 1 aromatic heterocycles. The molecule has 1 heterocycles. The van der Waals surface area contributed by atoms with E-state index in [1.54, 1.807) is 18.5 Å². The van der Waals surface area contributed by atoms with Gasteiger partial charge < -0.3 is 15.8 Å². The number of nitrogen functional groups attached to an aromatic ring is 1. The molecule has 106 valence electrons. The third-order valence-corrected chi connectivity index (χ3v) is 2.88. The minimum Gasteiger partial charge on any atom is -0.491 e. The fourth-order valence-electron chi connectivity index (χ4n) is 1.88. The third kappa shape index (κ3) is 3.60. The third-order valence-electron chi connectivity index (χ3n) is 2.88. The molecule has 0 spiro atoms. The van der Waals surface area contributed by atoms with E-state index in [9.17, 15) is 4.39 Å². The zero-order valence-electron chi connectivity index (χ0n) is 11.4. The molecule has 0 aliphatic heterocycles. The summed E-state index contributed by atoms with van der Waals surface area (Å²) in [5, 5.41) is 3.20. The van der Waals surface area contributed by atoms with Crippen molar-refractivity contribution in [1.82, 2.24) is 4.98 Å². The van der Waals surface area contributed by atoms with Crippen LogP contribution >= 0.6 is 0 Å². The zero-order chi connectivity index (χ0) is 14.4. The maximum atomic E-state index is 13.6. The number of pyridine rings is 1. The molecular formula is C15H18FN3O. The molecule has 5 heteroatoms. The fraction of sp³-hybridized carbons (Fsp3) is 0.267. The Kier molecular flexibility index (Phi) is 4.76. The van der Waals surface area contributed by atoms with E-state index in [1.807, 2.05) is 19.1 Å². The van der Waals surface area contributed by atoms with Crippen LogP contribution in [0.3, 0.4) is 0 Å². The van der Waals surface area contributed by atoms with E-state index in [0.29, 0.717) is 24.5 Å². The van der Waals surface area contributed by atoms with Gasteiger partial charge in [-0.15, -0.1) is 0 Å². The second kappa shape index (κ2) is 6.75. The Morgan fingerprint density at radius 3 is 2.75 bits per heavy atom. The monoisotopic (exact) mass is 275 g/mol. The van der Waals surface area contributed by atoms with Crippen molar-refractivity contribution in [2.24, 2.45) is 0 Å². The van der Waals surface area contributed by atoms with Gasteiger partial charge in [-0.2, -0.15) is 0 Å². The van der Waals surface area contributed by atoms with Gasteiger partial charge in [0.15, 0.2) is 11.6 Å². The van der Waals surface area contributed by atoms with Gasteiger partial charge in [-0.1, -0.05) is 0 Å². The van der Waals surface area contributed by atoms with Gasteiger partial charge in [-0.3, -0.25) is 4.98 Å². The molecule has 0 aliphatic carbocycles. The first-order valence-corrected chi connectivity index (χ1v) is 6.55. The summed E-state index contributed by atoms with van der Waals surface area (Å²) in [6.07, 6.45) is 4.35. The van der Waals surface area contributed by atoms with E-state index in [0.717, 1.165) is 6.42 Å². The van der Waals surface area contributed by atoms with Crippen LogP contribution in [0.2, 0.25) is 0 Å². The van der Waals surface area contributed by atoms with E-state index in [-0.39, 0.29) is 5.75 Å². The molecule has 0 saturated carbocycles. The summed E-state index contributed by atoms with van der Waals surface area (Å²) in [5.41, 5.74) is 8.04. The Hall–Kier alpha value is -2.30. The summed E-state index contributed by atoms with van der Waals surface area (Å²) in [7, 11) is 0. The molecule has 20 heavy (non-hydrogen) atoms. The van der Waals surface area contributed by atoms with Crippen LogP contribution in [0.25, 0.3) is 0 Å². The van der Waals surface area contributed by atoms with Crippen LogP contribution in [0.1, 0.15) is 12.5 Å². The number of nitrogens with two attached hydrogens (primary N) is 1. The molecular weight excluding hydrogens is 257 g/mol. The van der Waals surface area contributed by atoms with Crippen LogP contribution in [0.5, 0.6) is 5.75 Å². The quantitative estimate of drug-likeness (QED) is 0.796. The summed E-state index contributed by atoms with van der Waals surface area (Å²) >= 11 is 0. The topological polar surface area (TPSA) is 60.2 Å². The molecule has 0 unspecified atom stereocenters. The minimum absolute atomic E-state index is 0.216. The highest BCUT2D eigenvalue weighted by molar-refractivity contribution is 5.68. The fourth-order valence-corrected chi connectivity index (χ4v) is 1.88. The van der Waals surface area contributed by atoms with Crippen LogP contribution in [0.15, 0.2) is 36.7 Å². The Morgan fingerprint density at radius 1 is 1.30 bits per heavy atom. The molecule has 0 atom stereocenters. The van der Waals surface area contributed by atoms with Crippen molar-refractivity contribution in [3.63, 3.8) is 0 Å². The van der Waals surface area contributed by atoms with Crippen molar-refractivity contribution in [3.8, 4) is 5.75 Å². The average Bonchev–Trinajstić information content (AvgIpc) is 2.45. The largest absolute Gasteiger partial charge is 0.491 e. The summed E-state index contributed by atoms with van der Waals surface area (Å²) in [4.78, 5) is 3.97. The van der Waals surface area contributed by atoms with E-state index < -0.39 is 5.82 Å². The lowest BCUT2D eigenvalue weighted by molar-refractivity contribution is 0.322. The minimum atomic E-state index is -0.441. The predicted octanol–water partition coefficient (Wildman–Crippen LogP) is 2.86. The lowest BCUT2D eigenvalue weighted by Crippen LogP contribution is -2.08. The van der Waals surface area contributed by atoms with Gasteiger partial charge in [0.25, 0.3) is 0 Å². The standard InChI is InChI=1S/C15H18FN3O/c1-2-20-15-10-14(13(17)9-12(15)16)19-8-5-11-3-6-18-7-4-11/h3-4,6-7,9-10,19H,2,5,8,17H2,1H3. The van der Waals surface area contributed by atoms with Crippen molar-refractivity contribution in [2.75, 3.05) is 24.2 Å². The molecule has 0 aliphatic rings. The number of nitrogens with one attached hydrogen (secondary N) is 1. The molecule has 4 nitrogen and oxygen atoms in total. The van der Waals surface area contributed by atoms with Crippen LogP contribution in [-0.2, 0) is 6.42 Å². The van der Waals surface area contributed by atoms with Crippen molar-refractivity contribution in [2.45, 2.75) is 13.3 Å². The molecule has 0 radical (unpaired) electrons. The number of ether oxygens (including phenoxy) is 1. The highest BCUT2D eigenvalue weighted by Gasteiger charge is 2.08. The number of halogens is 1. The van der Waals surface area contributed by atoms with Crippen molar-refractivity contribution < 1.29 is 9.13 Å². The summed E-state index contributed by atoms with van der Waals surface area (Å²) in [6.45, 7) is 2.93. The summed E-state index contributed by atoms with van der Waals surface area (Å²) in [6, 6.07) is 6.79. The van der Waals surface area contributed by atoms with Gasteiger partial charge in [0.1, 0.15) is 0 Å². The average molecular weight is 275 g/mol. The van der Waals surface area contributed by atoms with Crippen LogP contribution in [0.4, 0.5) is 15.8 Å². The normalized spacial score (nSPS) is 10.3. The molecule has 3 N–H and O–H groups in total. The number of aromatic nitrogens is 1. The number of anilines is 2. The Morgan fingerprint density at radius 2 is 2.05 bits per heavy atom. The maximum Gasteiger partial charge on any atom is 0.167 e. The number of hydrogen-bond acceptors (Lipinski definition) is 4. The van der Waals surface area contributed by atoms with Gasteiger partial charge in [0.2, 0.25) is 0 Å².